The van der Waals surface area contributed by atoms with Crippen molar-refractivity contribution in [1.82, 2.24) is 15.5 Å². The van der Waals surface area contributed by atoms with E-state index in [1.807, 2.05) is 48.5 Å². The first-order valence-electron chi connectivity index (χ1n) is 12.6. The summed E-state index contributed by atoms with van der Waals surface area (Å²) in [6, 6.07) is 18.9. The molecule has 212 valence electrons. The Balaban J connectivity index is 1.28. The third-order valence-corrected chi connectivity index (χ3v) is 7.07. The maximum atomic E-state index is 15.0. The summed E-state index contributed by atoms with van der Waals surface area (Å²) in [7, 11) is 0. The van der Waals surface area contributed by atoms with E-state index in [0.717, 1.165) is 22.3 Å². The summed E-state index contributed by atoms with van der Waals surface area (Å²) in [6.07, 6.45) is -0.862. The van der Waals surface area contributed by atoms with Gasteiger partial charge in [-0.25, -0.2) is 14.0 Å². The zero-order chi connectivity index (χ0) is 29.1. The van der Waals surface area contributed by atoms with Crippen molar-refractivity contribution in [3.8, 4) is 22.5 Å². The molecule has 1 unspecified atom stereocenters. The SMILES string of the molecule is CCOC(=O)C(Cc1ccc(-c2noc(C(Cl)(Cl)Cl)n2)c(F)c1)NC(=O)OCC1c2ccccc2-c2ccccc21. The number of halogens is 4. The van der Waals surface area contributed by atoms with Crippen molar-refractivity contribution in [2.24, 2.45) is 0 Å². The van der Waals surface area contributed by atoms with Crippen LogP contribution in [0, 0.1) is 5.82 Å². The molecule has 0 saturated carbocycles. The van der Waals surface area contributed by atoms with Crippen molar-refractivity contribution in [1.29, 1.82) is 0 Å². The van der Waals surface area contributed by atoms with Crippen LogP contribution >= 0.6 is 34.8 Å². The molecule has 1 amide bonds. The number of aromatic nitrogens is 2. The molecule has 4 aromatic rings. The molecule has 3 aromatic carbocycles. The molecule has 12 heteroatoms. The number of benzene rings is 3. The molecular formula is C29H23Cl3FN3O5. The van der Waals surface area contributed by atoms with Crippen LogP contribution in [0.15, 0.2) is 71.3 Å². The van der Waals surface area contributed by atoms with Gasteiger partial charge in [0.25, 0.3) is 9.68 Å². The van der Waals surface area contributed by atoms with E-state index in [1.54, 1.807) is 13.0 Å². The molecule has 0 spiro atoms. The highest BCUT2D eigenvalue weighted by Gasteiger charge is 2.32. The van der Waals surface area contributed by atoms with Gasteiger partial charge in [0.15, 0.2) is 0 Å². The molecule has 0 fully saturated rings. The number of hydrogen-bond acceptors (Lipinski definition) is 7. The molecule has 1 aromatic heterocycles. The molecule has 0 radical (unpaired) electrons. The number of esters is 1. The fraction of sp³-hybridized carbons (Fsp3) is 0.241. The Kier molecular flexibility index (Phi) is 8.49. The van der Waals surface area contributed by atoms with E-state index in [0.29, 0.717) is 5.56 Å². The molecule has 1 heterocycles. The summed E-state index contributed by atoms with van der Waals surface area (Å²) in [6.45, 7) is 1.81. The maximum absolute atomic E-state index is 15.0. The van der Waals surface area contributed by atoms with Crippen molar-refractivity contribution in [3.63, 3.8) is 0 Å². The number of alkyl carbamates (subject to hydrolysis) is 1. The minimum atomic E-state index is -1.96. The first kappa shape index (κ1) is 28.9. The second-order valence-electron chi connectivity index (χ2n) is 9.21. The Hall–Kier alpha value is -3.66. The van der Waals surface area contributed by atoms with Gasteiger partial charge in [0, 0.05) is 12.3 Å². The van der Waals surface area contributed by atoms with E-state index >= 15 is 0 Å². The highest BCUT2D eigenvalue weighted by Crippen LogP contribution is 2.44. The molecule has 5 rings (SSSR count). The fourth-order valence-corrected chi connectivity index (χ4v) is 5.00. The predicted octanol–water partition coefficient (Wildman–Crippen LogP) is 6.72. The Morgan fingerprint density at radius 1 is 1.00 bits per heavy atom. The summed E-state index contributed by atoms with van der Waals surface area (Å²) in [5.74, 6) is -1.97. The minimum absolute atomic E-state index is 0.00446. The van der Waals surface area contributed by atoms with Crippen LogP contribution in [0.3, 0.4) is 0 Å². The molecule has 1 aliphatic carbocycles. The standard InChI is InChI=1S/C29H23Cl3FN3O5/c1-2-39-26(37)24(14-16-11-12-21(23(33)13-16)25-35-27(41-36-25)29(30,31)32)34-28(38)40-15-22-19-9-5-3-7-17(19)18-8-4-6-10-20(18)22/h3-13,22,24H,2,14-15H2,1H3,(H,34,38). The number of rotatable bonds is 8. The number of alkyl halides is 3. The van der Waals surface area contributed by atoms with Crippen LogP contribution in [-0.2, 0) is 24.5 Å². The lowest BCUT2D eigenvalue weighted by Crippen LogP contribution is -2.44. The van der Waals surface area contributed by atoms with E-state index in [2.05, 4.69) is 15.5 Å². The Labute approximate surface area is 249 Å². The van der Waals surface area contributed by atoms with Gasteiger partial charge in [-0.1, -0.05) is 94.6 Å². The molecule has 1 aliphatic rings. The van der Waals surface area contributed by atoms with Gasteiger partial charge in [-0.15, -0.1) is 0 Å². The second-order valence-corrected chi connectivity index (χ2v) is 11.5. The number of ether oxygens (including phenoxy) is 2. The lowest BCUT2D eigenvalue weighted by molar-refractivity contribution is -0.145. The number of fused-ring (bicyclic) bond motifs is 3. The molecule has 0 aliphatic heterocycles. The number of nitrogens with one attached hydrogen (secondary N) is 1. The van der Waals surface area contributed by atoms with Gasteiger partial charge in [-0.05, 0) is 46.9 Å². The Bertz CT molecular complexity index is 1540. The smallest absolute Gasteiger partial charge is 0.407 e. The first-order valence-corrected chi connectivity index (χ1v) is 13.8. The molecule has 1 N–H and O–H groups in total. The highest BCUT2D eigenvalue weighted by molar-refractivity contribution is 6.66. The van der Waals surface area contributed by atoms with Crippen molar-refractivity contribution in [3.05, 3.63) is 95.1 Å². The van der Waals surface area contributed by atoms with Crippen LogP contribution < -0.4 is 5.32 Å². The zero-order valence-electron chi connectivity index (χ0n) is 21.6. The molecule has 8 nitrogen and oxygen atoms in total. The van der Waals surface area contributed by atoms with Gasteiger partial charge in [-0.2, -0.15) is 4.98 Å². The highest BCUT2D eigenvalue weighted by atomic mass is 35.6. The molecular weight excluding hydrogens is 596 g/mol. The second kappa shape index (κ2) is 12.1. The van der Waals surface area contributed by atoms with Crippen molar-refractivity contribution in [2.45, 2.75) is 29.1 Å². The molecule has 0 saturated heterocycles. The number of carbonyl (C=O) groups is 2. The van der Waals surface area contributed by atoms with Gasteiger partial charge in [0.05, 0.1) is 12.2 Å². The fourth-order valence-electron chi connectivity index (χ4n) is 4.77. The average molecular weight is 619 g/mol. The minimum Gasteiger partial charge on any atom is -0.464 e. The van der Waals surface area contributed by atoms with E-state index in [1.165, 1.54) is 12.1 Å². The normalized spacial score (nSPS) is 13.3. The largest absolute Gasteiger partial charge is 0.464 e. The number of carbonyl (C=O) groups excluding carboxylic acids is 2. The number of amides is 1. The molecule has 41 heavy (non-hydrogen) atoms. The number of hydrogen-bond donors (Lipinski definition) is 1. The van der Waals surface area contributed by atoms with E-state index in [-0.39, 0.29) is 42.8 Å². The third-order valence-electron chi connectivity index (χ3n) is 6.59. The van der Waals surface area contributed by atoms with Gasteiger partial charge < -0.3 is 19.3 Å². The van der Waals surface area contributed by atoms with Gasteiger partial charge in [-0.3, -0.25) is 0 Å². The van der Waals surface area contributed by atoms with Crippen molar-refractivity contribution >= 4 is 46.9 Å². The maximum Gasteiger partial charge on any atom is 0.407 e. The van der Waals surface area contributed by atoms with Crippen LogP contribution in [0.1, 0.15) is 35.4 Å². The third kappa shape index (κ3) is 6.32. The average Bonchev–Trinajstić information content (AvgIpc) is 3.56. The van der Waals surface area contributed by atoms with Gasteiger partial charge >= 0.3 is 12.1 Å². The van der Waals surface area contributed by atoms with Crippen molar-refractivity contribution < 1.29 is 28.0 Å². The van der Waals surface area contributed by atoms with Crippen LogP contribution in [0.4, 0.5) is 9.18 Å². The Morgan fingerprint density at radius 3 is 2.24 bits per heavy atom. The molecule has 1 atom stereocenters. The van der Waals surface area contributed by atoms with Crippen LogP contribution in [0.2, 0.25) is 0 Å². The number of nitrogens with zero attached hydrogens (tertiary/aromatic N) is 2. The van der Waals surface area contributed by atoms with Gasteiger partial charge in [0.1, 0.15) is 18.5 Å². The van der Waals surface area contributed by atoms with Crippen LogP contribution in [0.25, 0.3) is 22.5 Å². The van der Waals surface area contributed by atoms with E-state index < -0.39 is 27.7 Å². The Morgan fingerprint density at radius 2 is 1.66 bits per heavy atom. The van der Waals surface area contributed by atoms with E-state index in [9.17, 15) is 14.0 Å². The summed E-state index contributed by atoms with van der Waals surface area (Å²) in [5, 5.41) is 6.22. The quantitative estimate of drug-likeness (QED) is 0.173. The monoisotopic (exact) mass is 617 g/mol. The van der Waals surface area contributed by atoms with Crippen LogP contribution in [-0.4, -0.2) is 41.5 Å². The lowest BCUT2D eigenvalue weighted by Gasteiger charge is -2.19. The predicted molar refractivity (Wildman–Crippen MR) is 151 cm³/mol. The first-order chi connectivity index (χ1) is 19.7. The van der Waals surface area contributed by atoms with E-state index in [4.69, 9.17) is 48.8 Å². The molecule has 0 bridgehead atoms. The lowest BCUT2D eigenvalue weighted by atomic mass is 9.98. The van der Waals surface area contributed by atoms with Gasteiger partial charge in [0.2, 0.25) is 5.82 Å². The summed E-state index contributed by atoms with van der Waals surface area (Å²) in [4.78, 5) is 29.4. The topological polar surface area (TPSA) is 104 Å². The van der Waals surface area contributed by atoms with Crippen LogP contribution in [0.5, 0.6) is 0 Å². The van der Waals surface area contributed by atoms with Crippen molar-refractivity contribution in [2.75, 3.05) is 13.2 Å². The summed E-state index contributed by atoms with van der Waals surface area (Å²) < 4.78 is 28.6. The zero-order valence-corrected chi connectivity index (χ0v) is 23.8. The summed E-state index contributed by atoms with van der Waals surface area (Å²) in [5.41, 5.74) is 4.69. The summed E-state index contributed by atoms with van der Waals surface area (Å²) >= 11 is 17.2.